The van der Waals surface area contributed by atoms with Gasteiger partial charge in [-0.15, -0.1) is 11.3 Å². The highest BCUT2D eigenvalue weighted by Crippen LogP contribution is 2.24. The minimum Gasteiger partial charge on any atom is -0.388 e. The Kier molecular flexibility index (Phi) is 3.40. The molecule has 0 unspecified atom stereocenters. The summed E-state index contributed by atoms with van der Waals surface area (Å²) in [5.74, 6) is 0. The summed E-state index contributed by atoms with van der Waals surface area (Å²) in [6, 6.07) is 0. The first-order chi connectivity index (χ1) is 9.48. The van der Waals surface area contributed by atoms with E-state index in [4.69, 9.17) is 0 Å². The number of thiophene rings is 1. The second kappa shape index (κ2) is 4.95. The van der Waals surface area contributed by atoms with E-state index in [0.717, 1.165) is 24.2 Å². The molecule has 3 heterocycles. The van der Waals surface area contributed by atoms with Gasteiger partial charge < -0.3 is 10.0 Å². The summed E-state index contributed by atoms with van der Waals surface area (Å²) in [4.78, 5) is 19.0. The number of hydrogen-bond acceptors (Lipinski definition) is 5. The summed E-state index contributed by atoms with van der Waals surface area (Å²) in [7, 11) is 2.05. The minimum absolute atomic E-state index is 0.0412. The lowest BCUT2D eigenvalue weighted by Gasteiger charge is -2.36. The van der Waals surface area contributed by atoms with Crippen molar-refractivity contribution in [3.8, 4) is 0 Å². The van der Waals surface area contributed by atoms with E-state index in [1.54, 1.807) is 10.9 Å². The van der Waals surface area contributed by atoms with E-state index in [2.05, 4.69) is 9.88 Å². The molecule has 1 aliphatic rings. The second-order valence-electron chi connectivity index (χ2n) is 5.80. The Hall–Kier alpha value is -1.24. The van der Waals surface area contributed by atoms with Gasteiger partial charge in [0.15, 0.2) is 0 Å². The molecule has 0 radical (unpaired) electrons. The molecule has 6 heteroatoms. The van der Waals surface area contributed by atoms with Crippen molar-refractivity contribution in [3.05, 3.63) is 27.6 Å². The van der Waals surface area contributed by atoms with Crippen LogP contribution in [0.1, 0.15) is 18.4 Å². The van der Waals surface area contributed by atoms with E-state index >= 15 is 0 Å². The van der Waals surface area contributed by atoms with Crippen LogP contribution in [-0.4, -0.2) is 45.3 Å². The summed E-state index contributed by atoms with van der Waals surface area (Å²) in [6.07, 6.45) is 2.95. The molecule has 0 atom stereocenters. The van der Waals surface area contributed by atoms with Gasteiger partial charge in [0.25, 0.3) is 5.56 Å². The van der Waals surface area contributed by atoms with Gasteiger partial charge in [-0.3, -0.25) is 9.36 Å². The molecule has 0 spiro atoms. The summed E-state index contributed by atoms with van der Waals surface area (Å²) < 4.78 is 2.24. The number of aliphatic hydroxyl groups is 1. The number of likely N-dealkylation sites (tertiary alicyclic amines) is 1. The molecule has 0 bridgehead atoms. The van der Waals surface area contributed by atoms with E-state index in [1.807, 2.05) is 19.4 Å². The van der Waals surface area contributed by atoms with Crippen molar-refractivity contribution >= 4 is 21.6 Å². The van der Waals surface area contributed by atoms with E-state index in [-0.39, 0.29) is 5.56 Å². The fraction of sp³-hybridized carbons (Fsp3) is 0.571. The van der Waals surface area contributed by atoms with Gasteiger partial charge in [-0.1, -0.05) is 0 Å². The maximum atomic E-state index is 12.4. The molecule has 1 saturated heterocycles. The summed E-state index contributed by atoms with van der Waals surface area (Å²) >= 11 is 1.43. The van der Waals surface area contributed by atoms with Crippen LogP contribution in [0.2, 0.25) is 0 Å². The maximum Gasteiger partial charge on any atom is 0.271 e. The molecular weight excluding hydrogens is 274 g/mol. The van der Waals surface area contributed by atoms with Gasteiger partial charge in [-0.25, -0.2) is 4.98 Å². The van der Waals surface area contributed by atoms with Crippen LogP contribution in [0.4, 0.5) is 0 Å². The van der Waals surface area contributed by atoms with Crippen LogP contribution in [0.25, 0.3) is 10.2 Å². The lowest BCUT2D eigenvalue weighted by molar-refractivity contribution is -0.0298. The summed E-state index contributed by atoms with van der Waals surface area (Å²) in [5, 5.41) is 12.6. The molecule has 1 fully saturated rings. The standard InChI is InChI=1S/C14H19N3O2S/c1-10-7-20-12-11(10)15-9-17(13(12)18)8-14(19)3-5-16(2)6-4-14/h7,9,19H,3-6,8H2,1-2H3. The SMILES string of the molecule is Cc1csc2c(=O)n(CC3(O)CCN(C)CC3)cnc12. The maximum absolute atomic E-state index is 12.4. The molecule has 0 saturated carbocycles. The Morgan fingerprint density at radius 3 is 2.85 bits per heavy atom. The van der Waals surface area contributed by atoms with Crippen LogP contribution in [0, 0.1) is 6.92 Å². The fourth-order valence-electron chi connectivity index (χ4n) is 2.68. The average molecular weight is 293 g/mol. The zero-order valence-electron chi connectivity index (χ0n) is 11.8. The van der Waals surface area contributed by atoms with Crippen LogP contribution in [0.5, 0.6) is 0 Å². The highest BCUT2D eigenvalue weighted by molar-refractivity contribution is 7.17. The highest BCUT2D eigenvalue weighted by atomic mass is 32.1. The van der Waals surface area contributed by atoms with E-state index < -0.39 is 5.60 Å². The Labute approximate surface area is 121 Å². The molecule has 1 N–H and O–H groups in total. The zero-order valence-corrected chi connectivity index (χ0v) is 12.6. The third-order valence-corrected chi connectivity index (χ3v) is 5.18. The van der Waals surface area contributed by atoms with Crippen molar-refractivity contribution < 1.29 is 5.11 Å². The molecule has 0 amide bonds. The summed E-state index contributed by atoms with van der Waals surface area (Å²) in [5.41, 5.74) is 0.983. The minimum atomic E-state index is -0.794. The first-order valence-electron chi connectivity index (χ1n) is 6.83. The number of aryl methyl sites for hydroxylation is 1. The molecule has 1 aliphatic heterocycles. The quantitative estimate of drug-likeness (QED) is 0.904. The topological polar surface area (TPSA) is 58.4 Å². The van der Waals surface area contributed by atoms with Gasteiger partial charge in [0.2, 0.25) is 0 Å². The van der Waals surface area contributed by atoms with E-state index in [0.29, 0.717) is 24.1 Å². The molecule has 3 rings (SSSR count). The van der Waals surface area contributed by atoms with Gasteiger partial charge >= 0.3 is 0 Å². The Morgan fingerprint density at radius 1 is 1.45 bits per heavy atom. The fourth-order valence-corrected chi connectivity index (χ4v) is 3.63. The molecule has 5 nitrogen and oxygen atoms in total. The third-order valence-electron chi connectivity index (χ3n) is 4.11. The van der Waals surface area contributed by atoms with Crippen LogP contribution >= 0.6 is 11.3 Å². The summed E-state index contributed by atoms with van der Waals surface area (Å²) in [6.45, 7) is 4.01. The first kappa shape index (κ1) is 13.7. The number of hydrogen-bond donors (Lipinski definition) is 1. The van der Waals surface area contributed by atoms with Gasteiger partial charge in [-0.05, 0) is 37.8 Å². The van der Waals surface area contributed by atoms with Gasteiger partial charge in [0.1, 0.15) is 4.70 Å². The van der Waals surface area contributed by atoms with Crippen LogP contribution in [0.3, 0.4) is 0 Å². The molecule has 20 heavy (non-hydrogen) atoms. The molecular formula is C14H19N3O2S. The van der Waals surface area contributed by atoms with E-state index in [9.17, 15) is 9.90 Å². The first-order valence-corrected chi connectivity index (χ1v) is 7.71. The number of aromatic nitrogens is 2. The lowest BCUT2D eigenvalue weighted by Crippen LogP contribution is -2.46. The highest BCUT2D eigenvalue weighted by Gasteiger charge is 2.32. The number of fused-ring (bicyclic) bond motifs is 1. The van der Waals surface area contributed by atoms with Crippen molar-refractivity contribution in [1.29, 1.82) is 0 Å². The van der Waals surface area contributed by atoms with Crippen LogP contribution in [-0.2, 0) is 6.54 Å². The van der Waals surface area contributed by atoms with E-state index in [1.165, 1.54) is 11.3 Å². The zero-order chi connectivity index (χ0) is 14.3. The Balaban J connectivity index is 1.91. The molecule has 108 valence electrons. The molecule has 2 aromatic heterocycles. The lowest BCUT2D eigenvalue weighted by atomic mass is 9.91. The van der Waals surface area contributed by atoms with Gasteiger partial charge in [0.05, 0.1) is 24.0 Å². The van der Waals surface area contributed by atoms with Crippen molar-refractivity contribution in [1.82, 2.24) is 14.5 Å². The molecule has 0 aromatic carbocycles. The largest absolute Gasteiger partial charge is 0.388 e. The molecule has 0 aliphatic carbocycles. The Bertz CT molecular complexity index is 683. The smallest absolute Gasteiger partial charge is 0.271 e. The number of nitrogens with zero attached hydrogens (tertiary/aromatic N) is 3. The monoisotopic (exact) mass is 293 g/mol. The van der Waals surface area contributed by atoms with Gasteiger partial charge in [-0.2, -0.15) is 0 Å². The van der Waals surface area contributed by atoms with Gasteiger partial charge in [0, 0.05) is 13.1 Å². The number of piperidine rings is 1. The third kappa shape index (κ3) is 2.39. The van der Waals surface area contributed by atoms with Crippen molar-refractivity contribution in [3.63, 3.8) is 0 Å². The predicted octanol–water partition coefficient (Wildman–Crippen LogP) is 1.22. The van der Waals surface area contributed by atoms with Crippen molar-refractivity contribution in [2.24, 2.45) is 0 Å². The predicted molar refractivity (Wildman–Crippen MR) is 80.3 cm³/mol. The van der Waals surface area contributed by atoms with Crippen LogP contribution in [0.15, 0.2) is 16.5 Å². The van der Waals surface area contributed by atoms with Crippen molar-refractivity contribution in [2.45, 2.75) is 31.9 Å². The normalized spacial score (nSPS) is 19.6. The molecule has 2 aromatic rings. The average Bonchev–Trinajstić information content (AvgIpc) is 2.79. The second-order valence-corrected chi connectivity index (χ2v) is 6.68. The number of rotatable bonds is 2. The van der Waals surface area contributed by atoms with Crippen molar-refractivity contribution in [2.75, 3.05) is 20.1 Å². The Morgan fingerprint density at radius 2 is 2.15 bits per heavy atom. The van der Waals surface area contributed by atoms with Crippen LogP contribution < -0.4 is 5.56 Å².